The molecule has 0 saturated carbocycles. The van der Waals surface area contributed by atoms with Crippen molar-refractivity contribution in [2.24, 2.45) is 7.05 Å². The van der Waals surface area contributed by atoms with Crippen LogP contribution in [0.4, 0.5) is 0 Å². The fourth-order valence-electron chi connectivity index (χ4n) is 2.40. The first-order valence-electron chi connectivity index (χ1n) is 7.48. The third-order valence-electron chi connectivity index (χ3n) is 3.58. The molecule has 0 amide bonds. The van der Waals surface area contributed by atoms with E-state index >= 15 is 0 Å². The summed E-state index contributed by atoms with van der Waals surface area (Å²) in [5.41, 5.74) is 3.23. The Morgan fingerprint density at radius 2 is 2.00 bits per heavy atom. The van der Waals surface area contributed by atoms with Crippen molar-refractivity contribution in [1.82, 2.24) is 14.8 Å². The number of allylic oxidation sites excluding steroid dienone is 1. The highest BCUT2D eigenvalue weighted by molar-refractivity contribution is 6.07. The summed E-state index contributed by atoms with van der Waals surface area (Å²) < 4.78 is 6.88. The molecule has 0 spiro atoms. The molecule has 3 rings (SSSR count). The Morgan fingerprint density at radius 3 is 2.75 bits per heavy atom. The number of pyridine rings is 1. The van der Waals surface area contributed by atoms with Crippen LogP contribution in [0, 0.1) is 0 Å². The number of hydrogen-bond acceptors (Lipinski definition) is 4. The SMILES string of the molecule is COc1cccc(C(=O)/C=C/c2cn(C)nc2-c2ccncc2)c1. The van der Waals surface area contributed by atoms with E-state index in [0.29, 0.717) is 11.3 Å². The molecule has 24 heavy (non-hydrogen) atoms. The van der Waals surface area contributed by atoms with Gasteiger partial charge in [-0.05, 0) is 36.4 Å². The highest BCUT2D eigenvalue weighted by Gasteiger charge is 2.09. The van der Waals surface area contributed by atoms with Gasteiger partial charge in [0.1, 0.15) is 5.75 Å². The number of carbonyl (C=O) groups is 1. The Labute approximate surface area is 140 Å². The smallest absolute Gasteiger partial charge is 0.185 e. The second kappa shape index (κ2) is 6.91. The second-order valence-electron chi connectivity index (χ2n) is 5.27. The monoisotopic (exact) mass is 319 g/mol. The maximum absolute atomic E-state index is 12.4. The summed E-state index contributed by atoms with van der Waals surface area (Å²) in [6.45, 7) is 0. The third kappa shape index (κ3) is 3.41. The highest BCUT2D eigenvalue weighted by Crippen LogP contribution is 2.22. The molecule has 0 bridgehead atoms. The van der Waals surface area contributed by atoms with E-state index in [9.17, 15) is 4.79 Å². The maximum Gasteiger partial charge on any atom is 0.185 e. The van der Waals surface area contributed by atoms with Crippen molar-refractivity contribution in [2.75, 3.05) is 7.11 Å². The molecular weight excluding hydrogens is 302 g/mol. The van der Waals surface area contributed by atoms with Crippen molar-refractivity contribution in [1.29, 1.82) is 0 Å². The molecular formula is C19H17N3O2. The van der Waals surface area contributed by atoms with Gasteiger partial charge in [-0.3, -0.25) is 14.5 Å². The molecule has 0 fully saturated rings. The molecule has 3 aromatic rings. The van der Waals surface area contributed by atoms with E-state index in [4.69, 9.17) is 4.74 Å². The molecule has 5 nitrogen and oxygen atoms in total. The zero-order valence-corrected chi connectivity index (χ0v) is 13.5. The molecule has 0 saturated heterocycles. The number of nitrogens with zero attached hydrogens (tertiary/aromatic N) is 3. The molecule has 120 valence electrons. The van der Waals surface area contributed by atoms with Gasteiger partial charge in [0, 0.05) is 42.3 Å². The molecule has 2 heterocycles. The minimum Gasteiger partial charge on any atom is -0.497 e. The van der Waals surface area contributed by atoms with E-state index in [2.05, 4.69) is 10.1 Å². The van der Waals surface area contributed by atoms with Gasteiger partial charge in [0.2, 0.25) is 0 Å². The first kappa shape index (κ1) is 15.7. The van der Waals surface area contributed by atoms with Gasteiger partial charge >= 0.3 is 0 Å². The molecule has 2 aromatic heterocycles. The van der Waals surface area contributed by atoms with Crippen LogP contribution in [-0.2, 0) is 7.05 Å². The number of ether oxygens (including phenoxy) is 1. The molecule has 0 unspecified atom stereocenters. The summed E-state index contributed by atoms with van der Waals surface area (Å²) in [4.78, 5) is 16.4. The predicted molar refractivity (Wildman–Crippen MR) is 92.8 cm³/mol. The van der Waals surface area contributed by atoms with Crippen LogP contribution >= 0.6 is 0 Å². The number of aryl methyl sites for hydroxylation is 1. The zero-order chi connectivity index (χ0) is 16.9. The Balaban J connectivity index is 1.88. The summed E-state index contributed by atoms with van der Waals surface area (Å²) >= 11 is 0. The minimum absolute atomic E-state index is 0.0848. The molecule has 0 radical (unpaired) electrons. The molecule has 0 N–H and O–H groups in total. The van der Waals surface area contributed by atoms with E-state index in [1.807, 2.05) is 31.4 Å². The number of methoxy groups -OCH3 is 1. The molecule has 5 heteroatoms. The normalized spacial score (nSPS) is 10.9. The lowest BCUT2D eigenvalue weighted by molar-refractivity contribution is 0.104. The van der Waals surface area contributed by atoms with Crippen molar-refractivity contribution in [3.8, 4) is 17.0 Å². The average Bonchev–Trinajstić information content (AvgIpc) is 3.01. The fraction of sp³-hybridized carbons (Fsp3) is 0.105. The maximum atomic E-state index is 12.4. The largest absolute Gasteiger partial charge is 0.497 e. The number of ketones is 1. The number of aromatic nitrogens is 3. The van der Waals surface area contributed by atoms with E-state index in [1.54, 1.807) is 54.5 Å². The van der Waals surface area contributed by atoms with Gasteiger partial charge in [-0.2, -0.15) is 5.10 Å². The van der Waals surface area contributed by atoms with Crippen molar-refractivity contribution in [3.05, 3.63) is 72.2 Å². The Hall–Kier alpha value is -3.21. The topological polar surface area (TPSA) is 57.0 Å². The van der Waals surface area contributed by atoms with Gasteiger partial charge in [0.25, 0.3) is 0 Å². The van der Waals surface area contributed by atoms with Crippen LogP contribution in [0.2, 0.25) is 0 Å². The highest BCUT2D eigenvalue weighted by atomic mass is 16.5. The summed E-state index contributed by atoms with van der Waals surface area (Å²) in [5, 5.41) is 4.47. The van der Waals surface area contributed by atoms with Crippen LogP contribution in [0.25, 0.3) is 17.3 Å². The lowest BCUT2D eigenvalue weighted by atomic mass is 10.1. The van der Waals surface area contributed by atoms with Gasteiger partial charge in [-0.15, -0.1) is 0 Å². The number of carbonyl (C=O) groups excluding carboxylic acids is 1. The van der Waals surface area contributed by atoms with Crippen LogP contribution < -0.4 is 4.74 Å². The minimum atomic E-state index is -0.0848. The lowest BCUT2D eigenvalue weighted by Gasteiger charge is -2.01. The molecule has 1 aromatic carbocycles. The van der Waals surface area contributed by atoms with E-state index in [1.165, 1.54) is 0 Å². The van der Waals surface area contributed by atoms with Crippen molar-refractivity contribution in [3.63, 3.8) is 0 Å². The average molecular weight is 319 g/mol. The van der Waals surface area contributed by atoms with Crippen LogP contribution in [0.3, 0.4) is 0 Å². The first-order valence-corrected chi connectivity index (χ1v) is 7.48. The number of rotatable bonds is 5. The quantitative estimate of drug-likeness (QED) is 0.534. The molecule has 0 aliphatic carbocycles. The summed E-state index contributed by atoms with van der Waals surface area (Å²) in [5.74, 6) is 0.575. The van der Waals surface area contributed by atoms with Crippen LogP contribution in [0.5, 0.6) is 5.75 Å². The van der Waals surface area contributed by atoms with E-state index < -0.39 is 0 Å². The predicted octanol–water partition coefficient (Wildman–Crippen LogP) is 3.39. The van der Waals surface area contributed by atoms with E-state index in [-0.39, 0.29) is 5.78 Å². The number of hydrogen-bond donors (Lipinski definition) is 0. The van der Waals surface area contributed by atoms with Crippen LogP contribution in [0.1, 0.15) is 15.9 Å². The standard InChI is InChI=1S/C19H17N3O2/c1-22-13-16(19(21-22)14-8-10-20-11-9-14)6-7-18(23)15-4-3-5-17(12-15)24-2/h3-13H,1-2H3/b7-6+. The molecule has 0 aliphatic rings. The third-order valence-corrected chi connectivity index (χ3v) is 3.58. The van der Waals surface area contributed by atoms with Crippen molar-refractivity contribution in [2.45, 2.75) is 0 Å². The Bertz CT molecular complexity index is 883. The fourth-order valence-corrected chi connectivity index (χ4v) is 2.40. The summed E-state index contributed by atoms with van der Waals surface area (Å²) in [6, 6.07) is 10.9. The molecule has 0 aliphatic heterocycles. The summed E-state index contributed by atoms with van der Waals surface area (Å²) in [6.07, 6.45) is 8.66. The van der Waals surface area contributed by atoms with E-state index in [0.717, 1.165) is 16.8 Å². The van der Waals surface area contributed by atoms with Gasteiger partial charge in [0.15, 0.2) is 5.78 Å². The second-order valence-corrected chi connectivity index (χ2v) is 5.27. The Morgan fingerprint density at radius 1 is 1.21 bits per heavy atom. The van der Waals surface area contributed by atoms with Crippen LogP contribution in [0.15, 0.2) is 61.1 Å². The first-order chi connectivity index (χ1) is 11.7. The van der Waals surface area contributed by atoms with Gasteiger partial charge < -0.3 is 4.74 Å². The lowest BCUT2D eigenvalue weighted by Crippen LogP contribution is -1.95. The molecule has 0 atom stereocenters. The Kier molecular flexibility index (Phi) is 4.52. The van der Waals surface area contributed by atoms with Gasteiger partial charge in [0.05, 0.1) is 12.8 Å². The van der Waals surface area contributed by atoms with Crippen molar-refractivity contribution < 1.29 is 9.53 Å². The zero-order valence-electron chi connectivity index (χ0n) is 13.5. The van der Waals surface area contributed by atoms with Crippen molar-refractivity contribution >= 4 is 11.9 Å². The van der Waals surface area contributed by atoms with Crippen LogP contribution in [-0.4, -0.2) is 27.7 Å². The number of benzene rings is 1. The van der Waals surface area contributed by atoms with Gasteiger partial charge in [-0.25, -0.2) is 0 Å². The van der Waals surface area contributed by atoms with Gasteiger partial charge in [-0.1, -0.05) is 12.1 Å². The summed E-state index contributed by atoms with van der Waals surface area (Å²) in [7, 11) is 3.43.